The predicted octanol–water partition coefficient (Wildman–Crippen LogP) is 5.52. The summed E-state index contributed by atoms with van der Waals surface area (Å²) in [6.45, 7) is 3.79. The number of nitrogens with zero attached hydrogens (tertiary/aromatic N) is 2. The van der Waals surface area contributed by atoms with Gasteiger partial charge in [0.15, 0.2) is 11.5 Å². The number of carbonyl (C=O) groups is 3. The van der Waals surface area contributed by atoms with Gasteiger partial charge in [0.2, 0.25) is 17.7 Å². The molecule has 2 aliphatic rings. The van der Waals surface area contributed by atoms with E-state index in [1.165, 1.54) is 15.5 Å². The number of hydrogen-bond donors (Lipinski definition) is 2. The Kier molecular flexibility index (Phi) is 7.92. The summed E-state index contributed by atoms with van der Waals surface area (Å²) in [5.74, 6) is -2.48. The zero-order chi connectivity index (χ0) is 30.4. The number of amides is 3. The summed E-state index contributed by atoms with van der Waals surface area (Å²) in [6, 6.07) is 19.1. The van der Waals surface area contributed by atoms with Crippen molar-refractivity contribution < 1.29 is 24.2 Å². The number of halogens is 1. The van der Waals surface area contributed by atoms with Gasteiger partial charge in [0.05, 0.1) is 23.2 Å². The Morgan fingerprint density at radius 2 is 1.74 bits per heavy atom. The van der Waals surface area contributed by atoms with Crippen molar-refractivity contribution in [1.82, 2.24) is 4.57 Å². The topological polar surface area (TPSA) is 118 Å². The molecule has 3 heterocycles. The number of rotatable bonds is 7. The van der Waals surface area contributed by atoms with E-state index in [2.05, 4.69) is 21.2 Å². The van der Waals surface area contributed by atoms with Gasteiger partial charge in [-0.15, -0.1) is 0 Å². The molecule has 1 fully saturated rings. The van der Waals surface area contributed by atoms with Crippen LogP contribution in [0, 0.1) is 12.8 Å². The summed E-state index contributed by atoms with van der Waals surface area (Å²) in [5.41, 5.74) is 2.72. The summed E-state index contributed by atoms with van der Waals surface area (Å²) in [7, 11) is 0. The first kappa shape index (κ1) is 29.2. The van der Waals surface area contributed by atoms with Crippen LogP contribution in [-0.2, 0) is 20.9 Å². The Hall–Kier alpha value is -3.87. The summed E-state index contributed by atoms with van der Waals surface area (Å²) >= 11 is 5.50. The molecule has 3 amide bonds. The number of nitrogens with one attached hydrogen (secondary N) is 1. The molecule has 2 N–H and O–H groups in total. The van der Waals surface area contributed by atoms with E-state index >= 15 is 0 Å². The summed E-state index contributed by atoms with van der Waals surface area (Å²) in [6.07, 6.45) is 0. The van der Waals surface area contributed by atoms with E-state index in [1.807, 2.05) is 19.1 Å². The highest BCUT2D eigenvalue weighted by Crippen LogP contribution is 2.54. The van der Waals surface area contributed by atoms with E-state index in [0.29, 0.717) is 33.4 Å². The van der Waals surface area contributed by atoms with Gasteiger partial charge in [0, 0.05) is 21.0 Å². The molecule has 12 heteroatoms. The van der Waals surface area contributed by atoms with Crippen molar-refractivity contribution in [2.24, 2.45) is 5.92 Å². The quantitative estimate of drug-likeness (QED) is 0.247. The molecule has 0 radical (unpaired) electrons. The molecule has 9 nitrogen and oxygen atoms in total. The maximum absolute atomic E-state index is 14.1. The second kappa shape index (κ2) is 11.7. The van der Waals surface area contributed by atoms with Gasteiger partial charge < -0.3 is 15.2 Å². The molecule has 6 rings (SSSR count). The molecule has 1 aromatic heterocycles. The van der Waals surface area contributed by atoms with Crippen LogP contribution in [0.25, 0.3) is 0 Å². The number of carbonyl (C=O) groups excluding carboxylic acids is 3. The van der Waals surface area contributed by atoms with E-state index in [0.717, 1.165) is 33.1 Å². The molecule has 0 saturated carbocycles. The molecule has 3 aromatic carbocycles. The molecule has 4 aromatic rings. The van der Waals surface area contributed by atoms with Crippen molar-refractivity contribution in [2.45, 2.75) is 36.6 Å². The maximum Gasteiger partial charge on any atom is 0.308 e. The van der Waals surface area contributed by atoms with Crippen molar-refractivity contribution in [3.8, 4) is 11.5 Å². The minimum atomic E-state index is -0.835. The molecule has 0 spiro atoms. The monoisotopic (exact) mass is 679 g/mol. The number of aromatic nitrogens is 1. The molecule has 3 atom stereocenters. The Balaban J connectivity index is 1.43. The fourth-order valence-corrected chi connectivity index (χ4v) is 8.47. The first-order valence-corrected chi connectivity index (χ1v) is 16.0. The Morgan fingerprint density at radius 3 is 2.44 bits per heavy atom. The Morgan fingerprint density at radius 1 is 1.02 bits per heavy atom. The largest absolute Gasteiger partial charge is 0.504 e. The number of phenols is 1. The summed E-state index contributed by atoms with van der Waals surface area (Å²) in [5, 5.41) is 12.8. The molecular formula is C31H26BrN3O6S2. The molecule has 2 aliphatic heterocycles. The van der Waals surface area contributed by atoms with Gasteiger partial charge in [0.1, 0.15) is 11.8 Å². The lowest BCUT2D eigenvalue weighted by molar-refractivity contribution is -0.122. The zero-order valence-electron chi connectivity index (χ0n) is 23.1. The normalized spacial score (nSPS) is 19.2. The fraction of sp³-hybridized carbons (Fsp3) is 0.226. The smallest absolute Gasteiger partial charge is 0.308 e. The van der Waals surface area contributed by atoms with E-state index in [-0.39, 0.29) is 34.7 Å². The van der Waals surface area contributed by atoms with E-state index in [9.17, 15) is 24.3 Å². The average molecular weight is 681 g/mol. The number of imide groups is 1. The van der Waals surface area contributed by atoms with Gasteiger partial charge in [-0.25, -0.2) is 4.90 Å². The minimum absolute atomic E-state index is 0.0589. The highest BCUT2D eigenvalue weighted by atomic mass is 79.9. The van der Waals surface area contributed by atoms with Gasteiger partial charge in [-0.1, -0.05) is 62.8 Å². The van der Waals surface area contributed by atoms with E-state index in [1.54, 1.807) is 55.5 Å². The highest BCUT2D eigenvalue weighted by Gasteiger charge is 2.57. The molecular weight excluding hydrogens is 654 g/mol. The third-order valence-electron chi connectivity index (χ3n) is 7.41. The van der Waals surface area contributed by atoms with Crippen molar-refractivity contribution in [2.75, 3.05) is 16.8 Å². The third kappa shape index (κ3) is 5.39. The number of phenolic OH excluding ortho intramolecular Hbond substituents is 1. The average Bonchev–Trinajstić information content (AvgIpc) is 3.42. The van der Waals surface area contributed by atoms with Crippen molar-refractivity contribution in [3.05, 3.63) is 96.9 Å². The standard InChI is InChI=1S/C31H26BrN3O6S2/c1-3-41-22-14-17(6-13-21(22)36)24-25-26(29(39)35(28(25)38)20-11-7-18(32)8-12-20)42-30-27(24)43-31(40)34(30)15-23(37)33-19-9-4-16(2)5-10-19/h4-14,24-26,36H,3,15H2,1-2H3,(H,33,37). The molecule has 220 valence electrons. The van der Waals surface area contributed by atoms with Gasteiger partial charge in [-0.05, 0) is 67.9 Å². The van der Waals surface area contributed by atoms with Crippen molar-refractivity contribution >= 4 is 68.1 Å². The number of aryl methyl sites for hydroxylation is 1. The van der Waals surface area contributed by atoms with Gasteiger partial charge in [-0.3, -0.25) is 23.7 Å². The second-order valence-corrected chi connectivity index (χ2v) is 13.3. The fourth-order valence-electron chi connectivity index (χ4n) is 5.44. The number of hydrogen-bond acceptors (Lipinski definition) is 8. The maximum atomic E-state index is 14.1. The highest BCUT2D eigenvalue weighted by molar-refractivity contribution is 9.10. The van der Waals surface area contributed by atoms with Crippen LogP contribution >= 0.6 is 39.0 Å². The van der Waals surface area contributed by atoms with Crippen molar-refractivity contribution in [1.29, 1.82) is 0 Å². The molecule has 3 unspecified atom stereocenters. The van der Waals surface area contributed by atoms with Gasteiger partial charge in [0.25, 0.3) is 0 Å². The SMILES string of the molecule is CCOc1cc(C2c3sc(=O)n(CC(=O)Nc4ccc(C)cc4)c3SC3C(=O)N(c4ccc(Br)cc4)C(=O)C32)ccc1O. The number of benzene rings is 3. The lowest BCUT2D eigenvalue weighted by atomic mass is 9.83. The molecule has 0 aliphatic carbocycles. The lowest BCUT2D eigenvalue weighted by Crippen LogP contribution is -2.33. The second-order valence-electron chi connectivity index (χ2n) is 10.2. The number of anilines is 2. The minimum Gasteiger partial charge on any atom is -0.504 e. The van der Waals surface area contributed by atoms with Gasteiger partial charge in [-0.2, -0.15) is 0 Å². The van der Waals surface area contributed by atoms with Crippen LogP contribution in [0.3, 0.4) is 0 Å². The number of ether oxygens (including phenoxy) is 1. The lowest BCUT2D eigenvalue weighted by Gasteiger charge is -2.31. The number of thiazole rings is 1. The van der Waals surface area contributed by atoms with Gasteiger partial charge >= 0.3 is 4.87 Å². The predicted molar refractivity (Wildman–Crippen MR) is 169 cm³/mol. The number of thioether (sulfide) groups is 1. The van der Waals surface area contributed by atoms with Crippen LogP contribution in [0.4, 0.5) is 11.4 Å². The van der Waals surface area contributed by atoms with Crippen LogP contribution in [-0.4, -0.2) is 39.3 Å². The van der Waals surface area contributed by atoms with Crippen LogP contribution in [0.2, 0.25) is 0 Å². The van der Waals surface area contributed by atoms with E-state index < -0.39 is 23.0 Å². The number of aromatic hydroxyl groups is 1. The Bertz CT molecular complexity index is 1800. The van der Waals surface area contributed by atoms with E-state index in [4.69, 9.17) is 4.74 Å². The molecule has 1 saturated heterocycles. The molecule has 0 bridgehead atoms. The Labute approximate surface area is 263 Å². The first-order chi connectivity index (χ1) is 20.7. The van der Waals surface area contributed by atoms with Crippen molar-refractivity contribution in [3.63, 3.8) is 0 Å². The van der Waals surface area contributed by atoms with Crippen LogP contribution in [0.5, 0.6) is 11.5 Å². The van der Waals surface area contributed by atoms with Crippen LogP contribution in [0.1, 0.15) is 28.8 Å². The molecule has 43 heavy (non-hydrogen) atoms. The first-order valence-electron chi connectivity index (χ1n) is 13.5. The zero-order valence-corrected chi connectivity index (χ0v) is 26.3. The number of fused-ring (bicyclic) bond motifs is 2. The van der Waals surface area contributed by atoms with Crippen LogP contribution in [0.15, 0.2) is 81.0 Å². The summed E-state index contributed by atoms with van der Waals surface area (Å²) < 4.78 is 7.81. The third-order valence-corrected chi connectivity index (χ3v) is 10.5. The van der Waals surface area contributed by atoms with Crippen LogP contribution < -0.4 is 19.8 Å². The summed E-state index contributed by atoms with van der Waals surface area (Å²) in [4.78, 5) is 55.8.